The number of nitrogens with one attached hydrogen (secondary N) is 1. The van der Waals surface area contributed by atoms with Gasteiger partial charge in [0.2, 0.25) is 0 Å². The van der Waals surface area contributed by atoms with E-state index in [1.54, 1.807) is 11.0 Å². The van der Waals surface area contributed by atoms with Crippen LogP contribution in [0.25, 0.3) is 11.3 Å². The quantitative estimate of drug-likeness (QED) is 0.776. The first-order valence-electron chi connectivity index (χ1n) is 6.47. The van der Waals surface area contributed by atoms with Gasteiger partial charge >= 0.3 is 0 Å². The highest BCUT2D eigenvalue weighted by Crippen LogP contribution is 2.23. The third-order valence-electron chi connectivity index (χ3n) is 2.94. The summed E-state index contributed by atoms with van der Waals surface area (Å²) in [5.74, 6) is -0.272. The van der Waals surface area contributed by atoms with E-state index in [0.717, 1.165) is 5.56 Å². The van der Waals surface area contributed by atoms with Gasteiger partial charge in [0.15, 0.2) is 11.6 Å². The normalized spacial score (nSPS) is 10.5. The first-order chi connectivity index (χ1) is 10.3. The van der Waals surface area contributed by atoms with Gasteiger partial charge in [-0.3, -0.25) is 4.68 Å². The van der Waals surface area contributed by atoms with Gasteiger partial charge in [-0.2, -0.15) is 5.10 Å². The molecule has 1 aromatic carbocycles. The maximum Gasteiger partial charge on any atom is 0.191 e. The summed E-state index contributed by atoms with van der Waals surface area (Å²) in [7, 11) is 0. The van der Waals surface area contributed by atoms with Gasteiger partial charge in [0.25, 0.3) is 0 Å². The van der Waals surface area contributed by atoms with E-state index in [-0.39, 0.29) is 11.5 Å². The summed E-state index contributed by atoms with van der Waals surface area (Å²) in [6.07, 6.45) is 4.41. The van der Waals surface area contributed by atoms with Crippen molar-refractivity contribution in [3.8, 4) is 11.3 Å². The molecule has 0 saturated carbocycles. The average Bonchev–Trinajstić information content (AvgIpc) is 3.03. The van der Waals surface area contributed by atoms with Crippen molar-refractivity contribution in [2.75, 3.05) is 11.9 Å². The summed E-state index contributed by atoms with van der Waals surface area (Å²) < 4.78 is 16.1. The molecule has 2 aromatic heterocycles. The molecule has 7 heteroatoms. The molecule has 3 rings (SSSR count). The predicted octanol–water partition coefficient (Wildman–Crippen LogP) is 1.99. The molecule has 0 amide bonds. The minimum atomic E-state index is -0.456. The standard InChI is InChI=1S/C14H13FN6/c15-12-13(11-4-2-1-3-5-11)18-9-19-14(12)17-6-7-21-10-16-8-20-21/h1-5,8-10H,6-7H2,(H,17,18,19). The molecule has 0 aliphatic heterocycles. The second-order valence-electron chi connectivity index (χ2n) is 4.34. The van der Waals surface area contributed by atoms with E-state index in [9.17, 15) is 4.39 Å². The van der Waals surface area contributed by atoms with Gasteiger partial charge in [-0.05, 0) is 0 Å². The molecule has 106 valence electrons. The Morgan fingerprint density at radius 1 is 1.10 bits per heavy atom. The largest absolute Gasteiger partial charge is 0.366 e. The van der Waals surface area contributed by atoms with Crippen molar-refractivity contribution in [2.24, 2.45) is 0 Å². The van der Waals surface area contributed by atoms with Crippen LogP contribution in [0.1, 0.15) is 0 Å². The van der Waals surface area contributed by atoms with Crippen molar-refractivity contribution >= 4 is 5.82 Å². The van der Waals surface area contributed by atoms with Crippen molar-refractivity contribution in [3.63, 3.8) is 0 Å². The Kier molecular flexibility index (Phi) is 3.81. The lowest BCUT2D eigenvalue weighted by Crippen LogP contribution is -2.13. The number of hydrogen-bond acceptors (Lipinski definition) is 5. The molecule has 2 heterocycles. The van der Waals surface area contributed by atoms with Crippen molar-refractivity contribution < 1.29 is 4.39 Å². The molecule has 0 saturated heterocycles. The van der Waals surface area contributed by atoms with Gasteiger partial charge in [-0.15, -0.1) is 0 Å². The number of benzene rings is 1. The number of rotatable bonds is 5. The molecule has 0 bridgehead atoms. The maximum absolute atomic E-state index is 14.4. The Morgan fingerprint density at radius 3 is 2.71 bits per heavy atom. The van der Waals surface area contributed by atoms with E-state index in [2.05, 4.69) is 25.4 Å². The molecule has 6 nitrogen and oxygen atoms in total. The fourth-order valence-corrected chi connectivity index (χ4v) is 1.93. The zero-order valence-corrected chi connectivity index (χ0v) is 11.1. The van der Waals surface area contributed by atoms with Gasteiger partial charge in [-0.1, -0.05) is 30.3 Å². The van der Waals surface area contributed by atoms with Crippen molar-refractivity contribution in [3.05, 3.63) is 55.1 Å². The van der Waals surface area contributed by atoms with E-state index in [1.165, 1.54) is 12.7 Å². The molecule has 0 aliphatic carbocycles. The monoisotopic (exact) mass is 284 g/mol. The summed E-state index contributed by atoms with van der Waals surface area (Å²) in [4.78, 5) is 11.8. The molecule has 0 unspecified atom stereocenters. The Balaban J connectivity index is 1.74. The summed E-state index contributed by atoms with van der Waals surface area (Å²) in [6.45, 7) is 1.07. The molecule has 0 spiro atoms. The molecular weight excluding hydrogens is 271 g/mol. The van der Waals surface area contributed by atoms with E-state index in [0.29, 0.717) is 13.1 Å². The van der Waals surface area contributed by atoms with Gasteiger partial charge < -0.3 is 5.32 Å². The Hall–Kier alpha value is -2.83. The van der Waals surface area contributed by atoms with Crippen LogP contribution in [-0.4, -0.2) is 31.3 Å². The second kappa shape index (κ2) is 6.08. The maximum atomic E-state index is 14.4. The Labute approximate surface area is 120 Å². The van der Waals surface area contributed by atoms with Crippen LogP contribution in [0.3, 0.4) is 0 Å². The number of halogens is 1. The van der Waals surface area contributed by atoms with Gasteiger partial charge in [0.05, 0.1) is 6.54 Å². The lowest BCUT2D eigenvalue weighted by Gasteiger charge is -2.09. The number of aromatic nitrogens is 5. The van der Waals surface area contributed by atoms with Gasteiger partial charge in [-0.25, -0.2) is 19.3 Å². The summed E-state index contributed by atoms with van der Waals surface area (Å²) >= 11 is 0. The Bertz CT molecular complexity index is 699. The molecule has 0 radical (unpaired) electrons. The molecule has 0 aliphatic rings. The highest BCUT2D eigenvalue weighted by Gasteiger charge is 2.12. The lowest BCUT2D eigenvalue weighted by molar-refractivity contribution is 0.609. The van der Waals surface area contributed by atoms with Crippen LogP contribution < -0.4 is 5.32 Å². The van der Waals surface area contributed by atoms with E-state index in [1.807, 2.05) is 30.3 Å². The summed E-state index contributed by atoms with van der Waals surface area (Å²) in [5.41, 5.74) is 1.01. The molecule has 3 aromatic rings. The third kappa shape index (κ3) is 3.02. The van der Waals surface area contributed by atoms with Crippen LogP contribution >= 0.6 is 0 Å². The summed E-state index contributed by atoms with van der Waals surface area (Å²) in [5, 5.41) is 6.92. The minimum Gasteiger partial charge on any atom is -0.366 e. The molecular formula is C14H13FN6. The first-order valence-corrected chi connectivity index (χ1v) is 6.47. The predicted molar refractivity (Wildman–Crippen MR) is 75.9 cm³/mol. The number of nitrogens with zero attached hydrogens (tertiary/aromatic N) is 5. The first kappa shape index (κ1) is 13.2. The fraction of sp³-hybridized carbons (Fsp3) is 0.143. The molecule has 0 atom stereocenters. The van der Waals surface area contributed by atoms with Crippen LogP contribution in [0.2, 0.25) is 0 Å². The Morgan fingerprint density at radius 2 is 1.95 bits per heavy atom. The van der Waals surface area contributed by atoms with Crippen LogP contribution in [0.5, 0.6) is 0 Å². The molecule has 0 fully saturated rings. The van der Waals surface area contributed by atoms with Crippen molar-refractivity contribution in [1.82, 2.24) is 24.7 Å². The van der Waals surface area contributed by atoms with Crippen molar-refractivity contribution in [2.45, 2.75) is 6.54 Å². The zero-order valence-electron chi connectivity index (χ0n) is 11.1. The topological polar surface area (TPSA) is 68.5 Å². The van der Waals surface area contributed by atoms with Crippen molar-refractivity contribution in [1.29, 1.82) is 0 Å². The molecule has 21 heavy (non-hydrogen) atoms. The van der Waals surface area contributed by atoms with E-state index >= 15 is 0 Å². The number of anilines is 1. The highest BCUT2D eigenvalue weighted by molar-refractivity contribution is 5.63. The molecule has 1 N–H and O–H groups in total. The average molecular weight is 284 g/mol. The zero-order chi connectivity index (χ0) is 14.5. The number of hydrogen-bond donors (Lipinski definition) is 1. The van der Waals surface area contributed by atoms with Gasteiger partial charge in [0.1, 0.15) is 24.7 Å². The van der Waals surface area contributed by atoms with Crippen LogP contribution in [-0.2, 0) is 6.54 Å². The SMILES string of the molecule is Fc1c(NCCn2cncn2)ncnc1-c1ccccc1. The second-order valence-corrected chi connectivity index (χ2v) is 4.34. The van der Waals surface area contributed by atoms with Crippen LogP contribution in [0.4, 0.5) is 10.2 Å². The third-order valence-corrected chi connectivity index (χ3v) is 2.94. The van der Waals surface area contributed by atoms with Gasteiger partial charge in [0, 0.05) is 12.1 Å². The smallest absolute Gasteiger partial charge is 0.191 e. The van der Waals surface area contributed by atoms with Crippen LogP contribution in [0.15, 0.2) is 49.3 Å². The minimum absolute atomic E-state index is 0.184. The summed E-state index contributed by atoms with van der Waals surface area (Å²) in [6, 6.07) is 9.18. The van der Waals surface area contributed by atoms with E-state index in [4.69, 9.17) is 0 Å². The highest BCUT2D eigenvalue weighted by atomic mass is 19.1. The van der Waals surface area contributed by atoms with Crippen LogP contribution in [0, 0.1) is 5.82 Å². The van der Waals surface area contributed by atoms with E-state index < -0.39 is 5.82 Å². The fourth-order valence-electron chi connectivity index (χ4n) is 1.93. The lowest BCUT2D eigenvalue weighted by atomic mass is 10.1.